The summed E-state index contributed by atoms with van der Waals surface area (Å²) in [6.07, 6.45) is 10.9. The van der Waals surface area contributed by atoms with E-state index in [1.165, 1.54) is 12.5 Å². The summed E-state index contributed by atoms with van der Waals surface area (Å²) in [5, 5.41) is 12.3. The lowest BCUT2D eigenvalue weighted by Gasteiger charge is -2.55. The molecule has 0 amide bonds. The highest BCUT2D eigenvalue weighted by atomic mass is 16.5. The van der Waals surface area contributed by atoms with Gasteiger partial charge < -0.3 is 9.84 Å². The second-order valence-corrected chi connectivity index (χ2v) is 14.1. The van der Waals surface area contributed by atoms with Crippen molar-refractivity contribution in [2.24, 2.45) is 39.9 Å². The molecule has 36 heavy (non-hydrogen) atoms. The molecule has 2 saturated carbocycles. The average molecular weight is 499 g/mol. The first kappa shape index (κ1) is 27.6. The van der Waals surface area contributed by atoms with Crippen LogP contribution < -0.4 is 0 Å². The van der Waals surface area contributed by atoms with Crippen molar-refractivity contribution in [3.63, 3.8) is 0 Å². The van der Waals surface area contributed by atoms with Gasteiger partial charge in [-0.2, -0.15) is 0 Å². The minimum absolute atomic E-state index is 0.0147. The van der Waals surface area contributed by atoms with Gasteiger partial charge in [-0.25, -0.2) is 0 Å². The minimum atomic E-state index is -0.827. The summed E-state index contributed by atoms with van der Waals surface area (Å²) in [6, 6.07) is 0. The van der Waals surface area contributed by atoms with E-state index in [1.807, 2.05) is 0 Å². The Morgan fingerprint density at radius 3 is 2.31 bits per heavy atom. The number of Topliss-reactive ketones (excluding diaryl/α,β-unsaturated/α-hetero) is 1. The van der Waals surface area contributed by atoms with Crippen LogP contribution in [-0.4, -0.2) is 29.1 Å². The summed E-state index contributed by atoms with van der Waals surface area (Å²) in [7, 11) is 0. The van der Waals surface area contributed by atoms with Crippen LogP contribution in [0.3, 0.4) is 0 Å². The lowest BCUT2D eigenvalue weighted by molar-refractivity contribution is -0.156. The van der Waals surface area contributed by atoms with Crippen molar-refractivity contribution in [2.45, 2.75) is 119 Å². The molecular formula is C32H50O4. The van der Waals surface area contributed by atoms with Crippen molar-refractivity contribution >= 4 is 11.8 Å². The zero-order valence-corrected chi connectivity index (χ0v) is 24.1. The van der Waals surface area contributed by atoms with Crippen molar-refractivity contribution in [1.29, 1.82) is 0 Å². The van der Waals surface area contributed by atoms with Crippen LogP contribution in [0.1, 0.15) is 113 Å². The van der Waals surface area contributed by atoms with Crippen LogP contribution in [0.2, 0.25) is 0 Å². The van der Waals surface area contributed by atoms with Crippen LogP contribution in [-0.2, 0) is 14.3 Å². The van der Waals surface area contributed by atoms with Crippen LogP contribution in [0.15, 0.2) is 22.8 Å². The first-order valence-corrected chi connectivity index (χ1v) is 14.4. The van der Waals surface area contributed by atoms with Gasteiger partial charge in [-0.05, 0) is 101 Å². The summed E-state index contributed by atoms with van der Waals surface area (Å²) < 4.78 is 5.55. The molecule has 202 valence electrons. The molecule has 4 nitrogen and oxygen atoms in total. The summed E-state index contributed by atoms with van der Waals surface area (Å²) >= 11 is 0. The number of esters is 1. The van der Waals surface area contributed by atoms with E-state index in [1.54, 1.807) is 11.1 Å². The summed E-state index contributed by atoms with van der Waals surface area (Å²) in [5.74, 6) is 0.996. The minimum Gasteiger partial charge on any atom is -0.466 e. The van der Waals surface area contributed by atoms with Gasteiger partial charge in [0.25, 0.3) is 0 Å². The first-order chi connectivity index (χ1) is 16.7. The Morgan fingerprint density at radius 1 is 1.00 bits per heavy atom. The fraction of sp³-hybridized carbons (Fsp3) is 0.812. The summed E-state index contributed by atoms with van der Waals surface area (Å²) in [6.45, 7) is 17.4. The first-order valence-electron chi connectivity index (χ1n) is 14.4. The standard InChI is InChI=1S/C32H50O4/c1-20(2)10-9-11-22(19-36-21(3)33)23-14-16-30(6)24-12-13-26-29(4,5)28(34)15-17-31(26,7)25(24)18-27(30)32(23,8)35/h10,22-23,26-27,35H,9,11-19H2,1-8H3. The number of aliphatic hydroxyl groups is 1. The van der Waals surface area contributed by atoms with Crippen LogP contribution in [0.25, 0.3) is 0 Å². The highest BCUT2D eigenvalue weighted by molar-refractivity contribution is 5.85. The SMILES string of the molecule is CC(=O)OCC(CCC=C(C)C)C1CCC2(C)C3=C(CC2C1(C)O)C1(C)CCC(=O)C(C)(C)C1CC3. The molecule has 2 fully saturated rings. The lowest BCUT2D eigenvalue weighted by atomic mass is 9.49. The molecule has 0 spiro atoms. The molecular weight excluding hydrogens is 448 g/mol. The van der Waals surface area contributed by atoms with Gasteiger partial charge in [0.2, 0.25) is 0 Å². The largest absolute Gasteiger partial charge is 0.466 e. The zero-order valence-electron chi connectivity index (χ0n) is 24.1. The average Bonchev–Trinajstić information content (AvgIpc) is 3.09. The molecule has 0 heterocycles. The second-order valence-electron chi connectivity index (χ2n) is 14.1. The number of ether oxygens (including phenoxy) is 1. The van der Waals surface area contributed by atoms with Crippen LogP contribution in [0, 0.1) is 39.9 Å². The van der Waals surface area contributed by atoms with E-state index in [2.05, 4.69) is 54.5 Å². The van der Waals surface area contributed by atoms with Crippen molar-refractivity contribution in [1.82, 2.24) is 0 Å². The number of carbonyl (C=O) groups excluding carboxylic acids is 2. The Bertz CT molecular complexity index is 965. The third-order valence-corrected chi connectivity index (χ3v) is 11.4. The molecule has 0 bridgehead atoms. The maximum absolute atomic E-state index is 12.9. The van der Waals surface area contributed by atoms with Gasteiger partial charge in [-0.1, -0.05) is 50.5 Å². The predicted molar refractivity (Wildman–Crippen MR) is 144 cm³/mol. The quantitative estimate of drug-likeness (QED) is 0.311. The molecule has 4 aliphatic carbocycles. The lowest BCUT2D eigenvalue weighted by Crippen LogP contribution is -2.55. The molecule has 0 saturated heterocycles. The Morgan fingerprint density at radius 2 is 1.67 bits per heavy atom. The predicted octanol–water partition coefficient (Wildman–Crippen LogP) is 7.20. The topological polar surface area (TPSA) is 63.6 Å². The van der Waals surface area contributed by atoms with Crippen molar-refractivity contribution < 1.29 is 19.4 Å². The second kappa shape index (κ2) is 9.40. The van der Waals surface area contributed by atoms with Crippen LogP contribution >= 0.6 is 0 Å². The van der Waals surface area contributed by atoms with Gasteiger partial charge in [0, 0.05) is 24.7 Å². The molecule has 4 rings (SSSR count). The number of ketones is 1. The smallest absolute Gasteiger partial charge is 0.302 e. The number of carbonyl (C=O) groups is 2. The Balaban J connectivity index is 1.64. The van der Waals surface area contributed by atoms with Crippen LogP contribution in [0.5, 0.6) is 0 Å². The highest BCUT2D eigenvalue weighted by Gasteiger charge is 2.64. The number of allylic oxidation sites excluding steroid dienone is 4. The van der Waals surface area contributed by atoms with Gasteiger partial charge in [-0.15, -0.1) is 0 Å². The third kappa shape index (κ3) is 4.33. The third-order valence-electron chi connectivity index (χ3n) is 11.4. The van der Waals surface area contributed by atoms with Gasteiger partial charge in [0.05, 0.1) is 12.2 Å². The Kier molecular flexibility index (Phi) is 7.21. The number of fused-ring (bicyclic) bond motifs is 4. The fourth-order valence-electron chi connectivity index (χ4n) is 9.42. The number of hydrogen-bond donors (Lipinski definition) is 1. The van der Waals surface area contributed by atoms with E-state index in [9.17, 15) is 14.7 Å². The van der Waals surface area contributed by atoms with E-state index in [-0.39, 0.29) is 40.0 Å². The molecule has 4 heteroatoms. The number of rotatable bonds is 6. The van der Waals surface area contributed by atoms with E-state index < -0.39 is 5.60 Å². The normalized spacial score (nSPS) is 40.1. The zero-order chi connectivity index (χ0) is 26.7. The number of hydrogen-bond acceptors (Lipinski definition) is 4. The monoisotopic (exact) mass is 498 g/mol. The van der Waals surface area contributed by atoms with Gasteiger partial charge in [-0.3, -0.25) is 9.59 Å². The van der Waals surface area contributed by atoms with Gasteiger partial charge >= 0.3 is 5.97 Å². The molecule has 0 aromatic heterocycles. The van der Waals surface area contributed by atoms with E-state index in [0.717, 1.165) is 51.4 Å². The van der Waals surface area contributed by atoms with E-state index >= 15 is 0 Å². The highest BCUT2D eigenvalue weighted by Crippen LogP contribution is 2.70. The molecule has 7 unspecified atom stereocenters. The van der Waals surface area contributed by atoms with Crippen molar-refractivity contribution in [3.05, 3.63) is 22.8 Å². The maximum atomic E-state index is 12.9. The Hall–Kier alpha value is -1.42. The molecule has 0 aromatic carbocycles. The molecule has 0 aliphatic heterocycles. The Labute approximate surface area is 219 Å². The molecule has 7 atom stereocenters. The molecule has 0 aromatic rings. The molecule has 4 aliphatic rings. The van der Waals surface area contributed by atoms with Crippen molar-refractivity contribution in [2.75, 3.05) is 6.61 Å². The van der Waals surface area contributed by atoms with E-state index in [0.29, 0.717) is 24.7 Å². The van der Waals surface area contributed by atoms with E-state index in [4.69, 9.17) is 4.74 Å². The summed E-state index contributed by atoms with van der Waals surface area (Å²) in [4.78, 5) is 24.6. The molecule has 0 radical (unpaired) electrons. The van der Waals surface area contributed by atoms with Gasteiger partial charge in [0.15, 0.2) is 0 Å². The summed E-state index contributed by atoms with van der Waals surface area (Å²) in [5.41, 5.74) is 3.45. The molecule has 1 N–H and O–H groups in total. The fourth-order valence-corrected chi connectivity index (χ4v) is 9.42. The maximum Gasteiger partial charge on any atom is 0.302 e. The van der Waals surface area contributed by atoms with Gasteiger partial charge in [0.1, 0.15) is 5.78 Å². The van der Waals surface area contributed by atoms with Crippen molar-refractivity contribution in [3.8, 4) is 0 Å². The van der Waals surface area contributed by atoms with Crippen LogP contribution in [0.4, 0.5) is 0 Å².